The number of carbonyl (C=O) groups is 3. The number of nitrogens with zero attached hydrogens (tertiary/aromatic N) is 1. The molecule has 0 aromatic heterocycles. The maximum absolute atomic E-state index is 12.9. The SMILES string of the molecule is CO[C@H](C)[C@H](NC(=O)OCC1c2ccccc2-c2ccccc21)C(=O)N(CCO)CC(=O)O. The lowest BCUT2D eigenvalue weighted by Crippen LogP contribution is -2.55. The number of fused-ring (bicyclic) bond motifs is 3. The number of methoxy groups -OCH3 is 1. The summed E-state index contributed by atoms with van der Waals surface area (Å²) >= 11 is 0. The van der Waals surface area contributed by atoms with Gasteiger partial charge in [-0.15, -0.1) is 0 Å². The molecule has 2 amide bonds. The predicted molar refractivity (Wildman–Crippen MR) is 120 cm³/mol. The second-order valence-corrected chi connectivity index (χ2v) is 7.77. The number of rotatable bonds is 10. The molecule has 176 valence electrons. The highest BCUT2D eigenvalue weighted by molar-refractivity contribution is 5.88. The molecule has 0 saturated carbocycles. The topological polar surface area (TPSA) is 125 Å². The summed E-state index contributed by atoms with van der Waals surface area (Å²) in [5.41, 5.74) is 4.30. The number of hydrogen-bond acceptors (Lipinski definition) is 6. The van der Waals surface area contributed by atoms with Crippen LogP contribution in [0.5, 0.6) is 0 Å². The number of carboxylic acid groups (broad SMARTS) is 1. The van der Waals surface area contributed by atoms with E-state index in [-0.39, 0.29) is 19.1 Å². The molecule has 33 heavy (non-hydrogen) atoms. The molecule has 0 radical (unpaired) electrons. The van der Waals surface area contributed by atoms with Gasteiger partial charge in [-0.1, -0.05) is 48.5 Å². The number of carboxylic acids is 1. The third-order valence-corrected chi connectivity index (χ3v) is 5.73. The van der Waals surface area contributed by atoms with Crippen molar-refractivity contribution in [1.82, 2.24) is 10.2 Å². The first-order chi connectivity index (χ1) is 15.9. The van der Waals surface area contributed by atoms with Gasteiger partial charge in [0.1, 0.15) is 19.2 Å². The van der Waals surface area contributed by atoms with Crippen LogP contribution in [0.2, 0.25) is 0 Å². The van der Waals surface area contributed by atoms with E-state index in [2.05, 4.69) is 5.32 Å². The van der Waals surface area contributed by atoms with Crippen LogP contribution in [0.3, 0.4) is 0 Å². The van der Waals surface area contributed by atoms with Gasteiger partial charge in [-0.05, 0) is 29.2 Å². The molecule has 3 N–H and O–H groups in total. The fourth-order valence-electron chi connectivity index (χ4n) is 4.03. The van der Waals surface area contributed by atoms with Crippen molar-refractivity contribution in [3.63, 3.8) is 0 Å². The number of aliphatic hydroxyl groups excluding tert-OH is 1. The minimum absolute atomic E-state index is 0.0671. The van der Waals surface area contributed by atoms with E-state index < -0.39 is 43.3 Å². The van der Waals surface area contributed by atoms with Crippen LogP contribution < -0.4 is 5.32 Å². The normalized spacial score (nSPS) is 14.0. The van der Waals surface area contributed by atoms with Crippen LogP contribution in [-0.4, -0.2) is 78.6 Å². The Kier molecular flexibility index (Phi) is 8.02. The van der Waals surface area contributed by atoms with Crippen molar-refractivity contribution >= 4 is 18.0 Å². The van der Waals surface area contributed by atoms with E-state index >= 15 is 0 Å². The molecule has 0 spiro atoms. The quantitative estimate of drug-likeness (QED) is 0.498. The molecule has 0 bridgehead atoms. The van der Waals surface area contributed by atoms with Gasteiger partial charge < -0.3 is 29.9 Å². The molecule has 0 aliphatic heterocycles. The van der Waals surface area contributed by atoms with E-state index in [4.69, 9.17) is 14.6 Å². The molecule has 1 aliphatic carbocycles. The number of aliphatic hydroxyl groups is 1. The molecule has 3 rings (SSSR count). The van der Waals surface area contributed by atoms with Crippen molar-refractivity contribution in [1.29, 1.82) is 0 Å². The van der Waals surface area contributed by atoms with Crippen LogP contribution >= 0.6 is 0 Å². The first-order valence-corrected chi connectivity index (χ1v) is 10.6. The van der Waals surface area contributed by atoms with E-state index in [1.165, 1.54) is 7.11 Å². The monoisotopic (exact) mass is 456 g/mol. The van der Waals surface area contributed by atoms with Crippen molar-refractivity contribution in [3.05, 3.63) is 59.7 Å². The first-order valence-electron chi connectivity index (χ1n) is 10.6. The van der Waals surface area contributed by atoms with Gasteiger partial charge in [-0.2, -0.15) is 0 Å². The molecule has 0 unspecified atom stereocenters. The van der Waals surface area contributed by atoms with Crippen LogP contribution in [0.4, 0.5) is 4.79 Å². The Morgan fingerprint density at radius 3 is 2.15 bits per heavy atom. The van der Waals surface area contributed by atoms with Crippen LogP contribution in [-0.2, 0) is 19.1 Å². The van der Waals surface area contributed by atoms with Crippen LogP contribution in [0.15, 0.2) is 48.5 Å². The smallest absolute Gasteiger partial charge is 0.407 e. The van der Waals surface area contributed by atoms with E-state index in [0.29, 0.717) is 0 Å². The van der Waals surface area contributed by atoms with Crippen LogP contribution in [0, 0.1) is 0 Å². The molecule has 2 aromatic rings. The van der Waals surface area contributed by atoms with Crippen molar-refractivity contribution in [2.75, 3.05) is 33.4 Å². The van der Waals surface area contributed by atoms with Crippen molar-refractivity contribution in [2.45, 2.75) is 25.0 Å². The summed E-state index contributed by atoms with van der Waals surface area (Å²) in [4.78, 5) is 37.6. The van der Waals surface area contributed by atoms with Gasteiger partial charge in [-0.25, -0.2) is 4.79 Å². The fraction of sp³-hybridized carbons (Fsp3) is 0.375. The number of benzene rings is 2. The Bertz CT molecular complexity index is 964. The summed E-state index contributed by atoms with van der Waals surface area (Å²) in [5, 5.41) is 20.8. The molecule has 0 heterocycles. The lowest BCUT2D eigenvalue weighted by molar-refractivity contribution is -0.147. The molecule has 9 heteroatoms. The molecule has 0 fully saturated rings. The first kappa shape index (κ1) is 24.2. The second kappa shape index (κ2) is 10.9. The van der Waals surface area contributed by atoms with Gasteiger partial charge >= 0.3 is 12.1 Å². The summed E-state index contributed by atoms with van der Waals surface area (Å²) in [5.74, 6) is -2.06. The summed E-state index contributed by atoms with van der Waals surface area (Å²) in [7, 11) is 1.37. The Balaban J connectivity index is 1.71. The number of carbonyl (C=O) groups excluding carboxylic acids is 2. The Hall–Kier alpha value is -3.43. The number of alkyl carbamates (subject to hydrolysis) is 1. The number of ether oxygens (including phenoxy) is 2. The number of aliphatic carboxylic acids is 1. The summed E-state index contributed by atoms with van der Waals surface area (Å²) in [6, 6.07) is 14.7. The van der Waals surface area contributed by atoms with Gasteiger partial charge in [0.2, 0.25) is 5.91 Å². The second-order valence-electron chi connectivity index (χ2n) is 7.77. The standard InChI is InChI=1S/C24H28N2O7/c1-15(32-2)22(23(30)26(11-12-27)13-21(28)29)25-24(31)33-14-20-18-9-5-3-7-16(18)17-8-4-6-10-19(17)20/h3-10,15,20,22,27H,11-14H2,1-2H3,(H,25,31)(H,28,29)/t15-,22+/m1/s1. The molecule has 2 aromatic carbocycles. The van der Waals surface area contributed by atoms with Crippen molar-refractivity contribution < 1.29 is 34.1 Å². The maximum atomic E-state index is 12.9. The zero-order valence-electron chi connectivity index (χ0n) is 18.6. The molecule has 2 atom stereocenters. The van der Waals surface area contributed by atoms with Crippen LogP contribution in [0.1, 0.15) is 24.0 Å². The van der Waals surface area contributed by atoms with E-state index in [1.807, 2.05) is 48.5 Å². The van der Waals surface area contributed by atoms with Crippen LogP contribution in [0.25, 0.3) is 11.1 Å². The van der Waals surface area contributed by atoms with E-state index in [1.54, 1.807) is 6.92 Å². The minimum Gasteiger partial charge on any atom is -0.480 e. The summed E-state index contributed by atoms with van der Waals surface area (Å²) < 4.78 is 10.7. The zero-order valence-corrected chi connectivity index (χ0v) is 18.6. The Morgan fingerprint density at radius 1 is 1.06 bits per heavy atom. The highest BCUT2D eigenvalue weighted by Gasteiger charge is 2.33. The molecular formula is C24H28N2O7. The number of hydrogen-bond donors (Lipinski definition) is 3. The lowest BCUT2D eigenvalue weighted by atomic mass is 9.98. The Labute approximate surface area is 191 Å². The summed E-state index contributed by atoms with van der Waals surface area (Å²) in [6.45, 7) is 0.420. The Morgan fingerprint density at radius 2 is 1.64 bits per heavy atom. The largest absolute Gasteiger partial charge is 0.480 e. The predicted octanol–water partition coefficient (Wildman–Crippen LogP) is 1.83. The van der Waals surface area contributed by atoms with Crippen molar-refractivity contribution in [2.24, 2.45) is 0 Å². The van der Waals surface area contributed by atoms with Crippen molar-refractivity contribution in [3.8, 4) is 11.1 Å². The average molecular weight is 456 g/mol. The molecule has 9 nitrogen and oxygen atoms in total. The molecular weight excluding hydrogens is 428 g/mol. The van der Waals surface area contributed by atoms with Gasteiger partial charge in [0.15, 0.2) is 0 Å². The van der Waals surface area contributed by atoms with Gasteiger partial charge in [0, 0.05) is 19.6 Å². The fourth-order valence-corrected chi connectivity index (χ4v) is 4.03. The highest BCUT2D eigenvalue weighted by atomic mass is 16.5. The number of amides is 2. The van der Waals surface area contributed by atoms with E-state index in [0.717, 1.165) is 27.2 Å². The van der Waals surface area contributed by atoms with Gasteiger partial charge in [0.05, 0.1) is 12.7 Å². The highest BCUT2D eigenvalue weighted by Crippen LogP contribution is 2.44. The molecule has 1 aliphatic rings. The van der Waals surface area contributed by atoms with E-state index in [9.17, 15) is 19.5 Å². The third-order valence-electron chi connectivity index (χ3n) is 5.73. The zero-order chi connectivity index (χ0) is 24.0. The average Bonchev–Trinajstić information content (AvgIpc) is 3.13. The van der Waals surface area contributed by atoms with Gasteiger partial charge in [-0.3, -0.25) is 9.59 Å². The minimum atomic E-state index is -1.23. The molecule has 0 saturated heterocycles. The maximum Gasteiger partial charge on any atom is 0.407 e. The number of nitrogens with one attached hydrogen (secondary N) is 1. The lowest BCUT2D eigenvalue weighted by Gasteiger charge is -2.29. The third kappa shape index (κ3) is 5.50. The van der Waals surface area contributed by atoms with Gasteiger partial charge in [0.25, 0.3) is 0 Å². The summed E-state index contributed by atoms with van der Waals surface area (Å²) in [6.07, 6.45) is -1.58.